The van der Waals surface area contributed by atoms with E-state index in [1.165, 1.54) is 24.3 Å². The van der Waals surface area contributed by atoms with Crippen molar-refractivity contribution in [3.63, 3.8) is 0 Å². The summed E-state index contributed by atoms with van der Waals surface area (Å²) in [6, 6.07) is 5.92. The van der Waals surface area contributed by atoms with Gasteiger partial charge in [0.05, 0.1) is 36.4 Å². The summed E-state index contributed by atoms with van der Waals surface area (Å²) in [5, 5.41) is 14.9. The van der Waals surface area contributed by atoms with Crippen LogP contribution in [0.25, 0.3) is 0 Å². The molecule has 0 radical (unpaired) electrons. The zero-order valence-corrected chi connectivity index (χ0v) is 13.3. The molecule has 0 atom stereocenters. The number of carboxylic acid groups (broad SMARTS) is 1. The Morgan fingerprint density at radius 3 is 2.30 bits per heavy atom. The minimum atomic E-state index is -3.27. The van der Waals surface area contributed by atoms with Gasteiger partial charge in [0.1, 0.15) is 0 Å². The maximum atomic E-state index is 12.2. The molecule has 0 aromatic heterocycles. The van der Waals surface area contributed by atoms with Crippen molar-refractivity contribution in [2.45, 2.75) is 23.0 Å². The van der Waals surface area contributed by atoms with E-state index in [4.69, 9.17) is 4.74 Å². The molecule has 1 saturated heterocycles. The van der Waals surface area contributed by atoms with E-state index < -0.39 is 15.8 Å². The summed E-state index contributed by atoms with van der Waals surface area (Å²) < 4.78 is 29.5. The molecule has 1 heterocycles. The molecule has 0 bridgehead atoms. The second-order valence-electron chi connectivity index (χ2n) is 5.59. The number of sulfone groups is 1. The smallest absolute Gasteiger partial charge is 0.356 e. The Morgan fingerprint density at radius 1 is 1.17 bits per heavy atom. The van der Waals surface area contributed by atoms with Crippen LogP contribution in [0.1, 0.15) is 18.4 Å². The van der Waals surface area contributed by atoms with Gasteiger partial charge < -0.3 is 9.84 Å². The highest BCUT2D eigenvalue weighted by molar-refractivity contribution is 7.92. The van der Waals surface area contributed by atoms with Crippen LogP contribution in [0.2, 0.25) is 0 Å². The predicted molar refractivity (Wildman–Crippen MR) is 83.2 cm³/mol. The molecular formula is C15H18N2O5S. The first-order valence-corrected chi connectivity index (χ1v) is 9.02. The SMILES string of the molecule is O=C(O)/C(=N/N1CCOCC1)c1ccc(S(=O)(=O)C2CC2)cc1. The number of rotatable bonds is 5. The van der Waals surface area contributed by atoms with Crippen LogP contribution in [0.4, 0.5) is 0 Å². The van der Waals surface area contributed by atoms with Crippen LogP contribution in [0, 0.1) is 0 Å². The third-order valence-corrected chi connectivity index (χ3v) is 6.13. The molecule has 1 aromatic rings. The Labute approximate surface area is 134 Å². The van der Waals surface area contributed by atoms with E-state index in [1.807, 2.05) is 0 Å². The van der Waals surface area contributed by atoms with Crippen LogP contribution >= 0.6 is 0 Å². The molecule has 1 aromatic carbocycles. The Morgan fingerprint density at radius 2 is 1.78 bits per heavy atom. The molecule has 1 aliphatic heterocycles. The summed E-state index contributed by atoms with van der Waals surface area (Å²) in [6.45, 7) is 2.08. The highest BCUT2D eigenvalue weighted by Crippen LogP contribution is 2.33. The molecule has 0 unspecified atom stereocenters. The Bertz CT molecular complexity index is 717. The Kier molecular flexibility index (Phi) is 4.36. The summed E-state index contributed by atoms with van der Waals surface area (Å²) in [5.41, 5.74) is 0.293. The van der Waals surface area contributed by atoms with Crippen molar-refractivity contribution in [1.82, 2.24) is 5.01 Å². The monoisotopic (exact) mass is 338 g/mol. The average Bonchev–Trinajstić information content (AvgIpc) is 3.39. The minimum Gasteiger partial charge on any atom is -0.476 e. The normalized spacial score (nSPS) is 19.7. The fraction of sp³-hybridized carbons (Fsp3) is 0.467. The van der Waals surface area contributed by atoms with E-state index in [2.05, 4.69) is 5.10 Å². The number of hydrazone groups is 1. The fourth-order valence-electron chi connectivity index (χ4n) is 2.39. The van der Waals surface area contributed by atoms with Gasteiger partial charge in [-0.2, -0.15) is 5.10 Å². The second-order valence-corrected chi connectivity index (χ2v) is 7.82. The van der Waals surface area contributed by atoms with Crippen molar-refractivity contribution in [1.29, 1.82) is 0 Å². The van der Waals surface area contributed by atoms with Crippen LogP contribution in [0.5, 0.6) is 0 Å². The van der Waals surface area contributed by atoms with Crippen LogP contribution in [0.3, 0.4) is 0 Å². The van der Waals surface area contributed by atoms with Crippen molar-refractivity contribution in [3.8, 4) is 0 Å². The number of aliphatic carboxylic acids is 1. The quantitative estimate of drug-likeness (QED) is 0.796. The lowest BCUT2D eigenvalue weighted by atomic mass is 10.1. The highest BCUT2D eigenvalue weighted by atomic mass is 32.2. The third kappa shape index (κ3) is 3.53. The van der Waals surface area contributed by atoms with Gasteiger partial charge in [-0.1, -0.05) is 12.1 Å². The van der Waals surface area contributed by atoms with Crippen LogP contribution in [0.15, 0.2) is 34.3 Å². The summed E-state index contributed by atoms with van der Waals surface area (Å²) in [7, 11) is -3.27. The standard InChI is InChI=1S/C15H18N2O5S/c18-15(19)14(16-17-7-9-22-10-8-17)11-1-3-12(4-2-11)23(20,21)13-5-6-13/h1-4,13H,5-10H2,(H,18,19)/b16-14+. The number of nitrogens with zero attached hydrogens (tertiary/aromatic N) is 2. The molecule has 8 heteroatoms. The molecule has 7 nitrogen and oxygen atoms in total. The minimum absolute atomic E-state index is 0.0951. The Hall–Kier alpha value is -1.93. The van der Waals surface area contributed by atoms with Gasteiger partial charge in [-0.3, -0.25) is 5.01 Å². The summed E-state index contributed by atoms with van der Waals surface area (Å²) >= 11 is 0. The van der Waals surface area contributed by atoms with Gasteiger partial charge >= 0.3 is 5.97 Å². The first-order chi connectivity index (χ1) is 11.0. The van der Waals surface area contributed by atoms with Crippen LogP contribution in [-0.4, -0.2) is 61.8 Å². The van der Waals surface area contributed by atoms with Crippen molar-refractivity contribution >= 4 is 21.5 Å². The molecule has 0 amide bonds. The molecule has 1 N–H and O–H groups in total. The molecule has 1 aliphatic carbocycles. The summed E-state index contributed by atoms with van der Waals surface area (Å²) in [4.78, 5) is 11.7. The van der Waals surface area contributed by atoms with Crippen molar-refractivity contribution in [3.05, 3.63) is 29.8 Å². The maximum Gasteiger partial charge on any atom is 0.356 e. The number of morpholine rings is 1. The molecule has 1 saturated carbocycles. The number of carbonyl (C=O) groups is 1. The van der Waals surface area contributed by atoms with Gasteiger partial charge in [0.2, 0.25) is 0 Å². The summed E-state index contributed by atoms with van der Waals surface area (Å²) in [6.07, 6.45) is 1.39. The zero-order valence-electron chi connectivity index (χ0n) is 12.5. The van der Waals surface area contributed by atoms with E-state index in [0.717, 1.165) is 0 Å². The molecule has 2 aliphatic rings. The second kappa shape index (κ2) is 6.29. The van der Waals surface area contributed by atoms with Gasteiger partial charge in [-0.15, -0.1) is 0 Å². The molecule has 2 fully saturated rings. The number of carboxylic acids is 1. The average molecular weight is 338 g/mol. The van der Waals surface area contributed by atoms with Crippen molar-refractivity contribution in [2.24, 2.45) is 5.10 Å². The zero-order chi connectivity index (χ0) is 16.4. The van der Waals surface area contributed by atoms with E-state index in [-0.39, 0.29) is 15.9 Å². The Balaban J connectivity index is 1.85. The van der Waals surface area contributed by atoms with Gasteiger partial charge in [0, 0.05) is 5.56 Å². The van der Waals surface area contributed by atoms with E-state index in [1.54, 1.807) is 5.01 Å². The number of hydrogen-bond acceptors (Lipinski definition) is 6. The van der Waals surface area contributed by atoms with Gasteiger partial charge in [0.15, 0.2) is 15.5 Å². The molecule has 3 rings (SSSR count). The van der Waals surface area contributed by atoms with Gasteiger partial charge in [-0.05, 0) is 25.0 Å². The fourth-order valence-corrected chi connectivity index (χ4v) is 4.05. The number of benzene rings is 1. The molecule has 124 valence electrons. The van der Waals surface area contributed by atoms with Crippen molar-refractivity contribution in [2.75, 3.05) is 26.3 Å². The lowest BCUT2D eigenvalue weighted by Gasteiger charge is -2.24. The molecule has 0 spiro atoms. The van der Waals surface area contributed by atoms with Crippen molar-refractivity contribution < 1.29 is 23.1 Å². The summed E-state index contributed by atoms with van der Waals surface area (Å²) in [5.74, 6) is -1.14. The van der Waals surface area contributed by atoms with E-state index in [0.29, 0.717) is 44.7 Å². The largest absolute Gasteiger partial charge is 0.476 e. The van der Waals surface area contributed by atoms with Crippen LogP contribution < -0.4 is 0 Å². The number of ether oxygens (including phenoxy) is 1. The highest BCUT2D eigenvalue weighted by Gasteiger charge is 2.36. The predicted octanol–water partition coefficient (Wildman–Crippen LogP) is 0.744. The molecular weight excluding hydrogens is 320 g/mol. The lowest BCUT2D eigenvalue weighted by molar-refractivity contribution is -0.129. The topological polar surface area (TPSA) is 96.3 Å². The van der Waals surface area contributed by atoms with Gasteiger partial charge in [0.25, 0.3) is 0 Å². The van der Waals surface area contributed by atoms with Crippen LogP contribution in [-0.2, 0) is 19.4 Å². The maximum absolute atomic E-state index is 12.2. The third-order valence-electron chi connectivity index (χ3n) is 3.85. The van der Waals surface area contributed by atoms with E-state index in [9.17, 15) is 18.3 Å². The number of hydrogen-bond donors (Lipinski definition) is 1. The first-order valence-electron chi connectivity index (χ1n) is 7.47. The lowest BCUT2D eigenvalue weighted by Crippen LogP contribution is -2.34. The van der Waals surface area contributed by atoms with Gasteiger partial charge in [-0.25, -0.2) is 13.2 Å². The first kappa shape index (κ1) is 15.9. The van der Waals surface area contributed by atoms with E-state index >= 15 is 0 Å². The molecule has 23 heavy (non-hydrogen) atoms.